The SMILES string of the molecule is Cc1ccccc1Sc1cc(N)nc(C(C)(C)C)n1. The highest BCUT2D eigenvalue weighted by atomic mass is 32.2. The van der Waals surface area contributed by atoms with Crippen molar-refractivity contribution in [3.8, 4) is 0 Å². The third kappa shape index (κ3) is 3.47. The van der Waals surface area contributed by atoms with Gasteiger partial charge < -0.3 is 5.73 Å². The normalized spacial score (nSPS) is 11.6. The molecule has 0 bridgehead atoms. The fraction of sp³-hybridized carbons (Fsp3) is 0.333. The van der Waals surface area contributed by atoms with Crippen LogP contribution in [0, 0.1) is 6.92 Å². The molecule has 0 unspecified atom stereocenters. The molecule has 2 rings (SSSR count). The minimum absolute atomic E-state index is 0.101. The van der Waals surface area contributed by atoms with Crippen LogP contribution in [0.2, 0.25) is 0 Å². The number of nitrogen functional groups attached to an aromatic ring is 1. The van der Waals surface area contributed by atoms with Crippen LogP contribution in [-0.2, 0) is 5.41 Å². The van der Waals surface area contributed by atoms with Gasteiger partial charge in [-0.15, -0.1) is 0 Å². The van der Waals surface area contributed by atoms with E-state index in [9.17, 15) is 0 Å². The highest BCUT2D eigenvalue weighted by Gasteiger charge is 2.19. The number of aryl methyl sites for hydroxylation is 1. The molecule has 0 saturated heterocycles. The maximum Gasteiger partial charge on any atom is 0.137 e. The molecule has 0 fully saturated rings. The lowest BCUT2D eigenvalue weighted by molar-refractivity contribution is 0.540. The molecule has 0 radical (unpaired) electrons. The number of nitrogens with zero attached hydrogens (tertiary/aromatic N) is 2. The van der Waals surface area contributed by atoms with Crippen molar-refractivity contribution < 1.29 is 0 Å². The highest BCUT2D eigenvalue weighted by Crippen LogP contribution is 2.31. The van der Waals surface area contributed by atoms with Crippen molar-refractivity contribution in [1.82, 2.24) is 9.97 Å². The van der Waals surface area contributed by atoms with E-state index in [2.05, 4.69) is 49.8 Å². The molecule has 0 atom stereocenters. The Labute approximate surface area is 118 Å². The molecule has 1 aromatic carbocycles. The zero-order valence-electron chi connectivity index (χ0n) is 11.8. The average molecular weight is 273 g/mol. The Morgan fingerprint density at radius 3 is 2.42 bits per heavy atom. The highest BCUT2D eigenvalue weighted by molar-refractivity contribution is 7.99. The molecule has 3 nitrogen and oxygen atoms in total. The average Bonchev–Trinajstić information content (AvgIpc) is 2.30. The third-order valence-corrected chi connectivity index (χ3v) is 3.80. The second-order valence-corrected chi connectivity index (χ2v) is 6.63. The summed E-state index contributed by atoms with van der Waals surface area (Å²) < 4.78 is 0. The van der Waals surface area contributed by atoms with E-state index in [1.165, 1.54) is 10.5 Å². The number of nitrogens with two attached hydrogens (primary N) is 1. The van der Waals surface area contributed by atoms with Crippen molar-refractivity contribution >= 4 is 17.6 Å². The van der Waals surface area contributed by atoms with Gasteiger partial charge in [-0.05, 0) is 18.6 Å². The van der Waals surface area contributed by atoms with Gasteiger partial charge in [-0.2, -0.15) is 0 Å². The molecule has 100 valence electrons. The first-order chi connectivity index (χ1) is 8.86. The second kappa shape index (κ2) is 5.21. The molecule has 0 aliphatic carbocycles. The Kier molecular flexibility index (Phi) is 3.80. The summed E-state index contributed by atoms with van der Waals surface area (Å²) >= 11 is 1.63. The molecule has 1 aromatic heterocycles. The van der Waals surface area contributed by atoms with E-state index in [0.29, 0.717) is 5.82 Å². The summed E-state index contributed by atoms with van der Waals surface area (Å²) in [4.78, 5) is 10.1. The lowest BCUT2D eigenvalue weighted by Crippen LogP contribution is -2.17. The Morgan fingerprint density at radius 1 is 1.11 bits per heavy atom. The van der Waals surface area contributed by atoms with Crippen molar-refractivity contribution in [2.24, 2.45) is 0 Å². The minimum atomic E-state index is -0.101. The van der Waals surface area contributed by atoms with Crippen molar-refractivity contribution in [1.29, 1.82) is 0 Å². The fourth-order valence-electron chi connectivity index (χ4n) is 1.61. The summed E-state index contributed by atoms with van der Waals surface area (Å²) in [5, 5.41) is 0.895. The first-order valence-corrected chi connectivity index (χ1v) is 7.06. The number of anilines is 1. The van der Waals surface area contributed by atoms with Gasteiger partial charge in [0.05, 0.1) is 0 Å². The van der Waals surface area contributed by atoms with Crippen LogP contribution in [0.5, 0.6) is 0 Å². The topological polar surface area (TPSA) is 51.8 Å². The summed E-state index contributed by atoms with van der Waals surface area (Å²) in [6, 6.07) is 10.1. The molecular weight excluding hydrogens is 254 g/mol. The Morgan fingerprint density at radius 2 is 1.79 bits per heavy atom. The van der Waals surface area contributed by atoms with E-state index >= 15 is 0 Å². The van der Waals surface area contributed by atoms with Crippen LogP contribution in [0.4, 0.5) is 5.82 Å². The molecule has 0 spiro atoms. The fourth-order valence-corrected chi connectivity index (χ4v) is 2.53. The van der Waals surface area contributed by atoms with E-state index in [4.69, 9.17) is 5.73 Å². The molecule has 0 aliphatic rings. The van der Waals surface area contributed by atoms with E-state index in [1.807, 2.05) is 18.2 Å². The number of benzene rings is 1. The Bertz CT molecular complexity index is 588. The van der Waals surface area contributed by atoms with Gasteiger partial charge in [0.25, 0.3) is 0 Å². The lowest BCUT2D eigenvalue weighted by atomic mass is 9.96. The van der Waals surface area contributed by atoms with Crippen LogP contribution < -0.4 is 5.73 Å². The van der Waals surface area contributed by atoms with Gasteiger partial charge in [0.15, 0.2) is 0 Å². The van der Waals surface area contributed by atoms with Crippen LogP contribution in [0.3, 0.4) is 0 Å². The molecule has 2 N–H and O–H groups in total. The summed E-state index contributed by atoms with van der Waals surface area (Å²) in [5.74, 6) is 1.31. The zero-order valence-corrected chi connectivity index (χ0v) is 12.6. The van der Waals surface area contributed by atoms with Gasteiger partial charge in [0.1, 0.15) is 16.7 Å². The standard InChI is InChI=1S/C15H19N3S/c1-10-7-5-6-8-11(10)19-13-9-12(16)17-14(18-13)15(2,3)4/h5-9H,1-4H3,(H2,16,17,18). The Balaban J connectivity index is 2.36. The summed E-state index contributed by atoms with van der Waals surface area (Å²) in [5.41, 5.74) is 7.02. The quantitative estimate of drug-likeness (QED) is 0.845. The van der Waals surface area contributed by atoms with Crippen molar-refractivity contribution in [3.05, 3.63) is 41.7 Å². The maximum absolute atomic E-state index is 5.88. The number of hydrogen-bond acceptors (Lipinski definition) is 4. The second-order valence-electron chi connectivity index (χ2n) is 5.57. The number of hydrogen-bond donors (Lipinski definition) is 1. The Hall–Kier alpha value is -1.55. The van der Waals surface area contributed by atoms with Crippen LogP contribution in [0.25, 0.3) is 0 Å². The van der Waals surface area contributed by atoms with Gasteiger partial charge in [-0.1, -0.05) is 50.7 Å². The third-order valence-electron chi connectivity index (χ3n) is 2.70. The molecule has 19 heavy (non-hydrogen) atoms. The molecule has 0 saturated carbocycles. The monoisotopic (exact) mass is 273 g/mol. The predicted molar refractivity (Wildman–Crippen MR) is 80.4 cm³/mol. The first kappa shape index (κ1) is 13.9. The molecule has 0 aliphatic heterocycles. The van der Waals surface area contributed by atoms with E-state index < -0.39 is 0 Å². The zero-order chi connectivity index (χ0) is 14.0. The van der Waals surface area contributed by atoms with Gasteiger partial charge in [0.2, 0.25) is 0 Å². The minimum Gasteiger partial charge on any atom is -0.384 e. The van der Waals surface area contributed by atoms with E-state index in [1.54, 1.807) is 11.8 Å². The van der Waals surface area contributed by atoms with E-state index in [-0.39, 0.29) is 5.41 Å². The predicted octanol–water partition coefficient (Wildman–Crippen LogP) is 3.82. The molecule has 4 heteroatoms. The summed E-state index contributed by atoms with van der Waals surface area (Å²) in [6.45, 7) is 8.36. The van der Waals surface area contributed by atoms with Gasteiger partial charge in [-0.3, -0.25) is 0 Å². The molecule has 2 aromatic rings. The number of aromatic nitrogens is 2. The molecule has 0 amide bonds. The molecular formula is C15H19N3S. The van der Waals surface area contributed by atoms with Crippen LogP contribution in [0.15, 0.2) is 40.3 Å². The first-order valence-electron chi connectivity index (χ1n) is 6.25. The largest absolute Gasteiger partial charge is 0.384 e. The molecule has 1 heterocycles. The van der Waals surface area contributed by atoms with Crippen LogP contribution >= 0.6 is 11.8 Å². The lowest BCUT2D eigenvalue weighted by Gasteiger charge is -2.17. The van der Waals surface area contributed by atoms with Crippen molar-refractivity contribution in [2.75, 3.05) is 5.73 Å². The van der Waals surface area contributed by atoms with Crippen LogP contribution in [-0.4, -0.2) is 9.97 Å². The van der Waals surface area contributed by atoms with Crippen LogP contribution in [0.1, 0.15) is 32.2 Å². The van der Waals surface area contributed by atoms with Crippen molar-refractivity contribution in [3.63, 3.8) is 0 Å². The number of rotatable bonds is 2. The van der Waals surface area contributed by atoms with E-state index in [0.717, 1.165) is 10.9 Å². The summed E-state index contributed by atoms with van der Waals surface area (Å²) in [7, 11) is 0. The van der Waals surface area contributed by atoms with Gasteiger partial charge in [-0.25, -0.2) is 9.97 Å². The summed E-state index contributed by atoms with van der Waals surface area (Å²) in [6.07, 6.45) is 0. The maximum atomic E-state index is 5.88. The van der Waals surface area contributed by atoms with Gasteiger partial charge in [0, 0.05) is 16.4 Å². The smallest absolute Gasteiger partial charge is 0.137 e. The van der Waals surface area contributed by atoms with Crippen molar-refractivity contribution in [2.45, 2.75) is 43.0 Å². The van der Waals surface area contributed by atoms with Gasteiger partial charge >= 0.3 is 0 Å².